The Kier molecular flexibility index (Phi) is 7.36. The molecule has 1 atom stereocenters. The standard InChI is InChI=1S/C32H30F3N3O4/c33-32(34,35)31(12-15-38(16-13-31)22-18-42-19-22)30(41)37-27(29(39)40)17-21-6-3-9-25-23(21)8-4-10-26(25)28-24-7-2-1-5-20(24)11-14-36-28/h1-11,14,22,27H,12-13,15-19H2,(H,37,41)(H,39,40)/t27-/m0/s1. The molecule has 0 saturated carbocycles. The highest BCUT2D eigenvalue weighted by atomic mass is 19.4. The number of rotatable bonds is 7. The Morgan fingerprint density at radius 2 is 1.67 bits per heavy atom. The maximum atomic E-state index is 14.4. The molecule has 0 unspecified atom stereocenters. The molecule has 4 aromatic rings. The zero-order valence-electron chi connectivity index (χ0n) is 22.7. The van der Waals surface area contributed by atoms with E-state index in [4.69, 9.17) is 4.74 Å². The molecule has 2 fully saturated rings. The second-order valence-corrected chi connectivity index (χ2v) is 11.1. The van der Waals surface area contributed by atoms with Crippen LogP contribution in [0.2, 0.25) is 0 Å². The van der Waals surface area contributed by atoms with Gasteiger partial charge in [-0.25, -0.2) is 4.79 Å². The molecule has 1 aromatic heterocycles. The second-order valence-electron chi connectivity index (χ2n) is 11.1. The lowest BCUT2D eigenvalue weighted by atomic mass is 9.76. The number of hydrogen-bond donors (Lipinski definition) is 2. The number of hydrogen-bond acceptors (Lipinski definition) is 5. The predicted octanol–water partition coefficient (Wildman–Crippen LogP) is 5.21. The van der Waals surface area contributed by atoms with Crippen molar-refractivity contribution in [3.05, 3.63) is 78.5 Å². The van der Waals surface area contributed by atoms with Gasteiger partial charge in [0, 0.05) is 23.6 Å². The van der Waals surface area contributed by atoms with Crippen LogP contribution in [0.3, 0.4) is 0 Å². The van der Waals surface area contributed by atoms with Gasteiger partial charge in [-0.1, -0.05) is 60.7 Å². The van der Waals surface area contributed by atoms with E-state index < -0.39 is 42.4 Å². The Morgan fingerprint density at radius 3 is 2.36 bits per heavy atom. The number of ether oxygens (including phenoxy) is 1. The fourth-order valence-corrected chi connectivity index (χ4v) is 6.15. The number of amides is 1. The van der Waals surface area contributed by atoms with Crippen molar-refractivity contribution >= 4 is 33.4 Å². The number of aromatic nitrogens is 1. The van der Waals surface area contributed by atoms with Gasteiger partial charge in [-0.05, 0) is 53.7 Å². The van der Waals surface area contributed by atoms with Crippen LogP contribution in [0.15, 0.2) is 72.9 Å². The quantitative estimate of drug-likeness (QED) is 0.314. The minimum absolute atomic E-state index is 0.0615. The highest BCUT2D eigenvalue weighted by Crippen LogP contribution is 2.47. The number of nitrogens with one attached hydrogen (secondary N) is 1. The molecule has 7 nitrogen and oxygen atoms in total. The van der Waals surface area contributed by atoms with Crippen LogP contribution in [0.4, 0.5) is 13.2 Å². The lowest BCUT2D eigenvalue weighted by Gasteiger charge is -2.46. The Balaban J connectivity index is 1.29. The average Bonchev–Trinajstić information content (AvgIpc) is 2.95. The summed E-state index contributed by atoms with van der Waals surface area (Å²) >= 11 is 0. The maximum absolute atomic E-state index is 14.4. The molecule has 2 saturated heterocycles. The van der Waals surface area contributed by atoms with Crippen molar-refractivity contribution in [3.8, 4) is 11.3 Å². The Labute approximate surface area is 240 Å². The fraction of sp³-hybridized carbons (Fsp3) is 0.344. The maximum Gasteiger partial charge on any atom is 0.403 e. The largest absolute Gasteiger partial charge is 0.480 e. The number of carboxylic acid groups (broad SMARTS) is 1. The number of alkyl halides is 3. The highest BCUT2D eigenvalue weighted by Gasteiger charge is 2.61. The van der Waals surface area contributed by atoms with E-state index in [0.717, 1.165) is 32.8 Å². The van der Waals surface area contributed by atoms with Gasteiger partial charge in [0.1, 0.15) is 11.5 Å². The summed E-state index contributed by atoms with van der Waals surface area (Å²) in [4.78, 5) is 32.2. The molecular formula is C32H30F3N3O4. The molecule has 218 valence electrons. The van der Waals surface area contributed by atoms with Crippen molar-refractivity contribution < 1.29 is 32.6 Å². The molecule has 6 rings (SSSR count). The van der Waals surface area contributed by atoms with Crippen LogP contribution in [0, 0.1) is 5.41 Å². The predicted molar refractivity (Wildman–Crippen MR) is 152 cm³/mol. The number of carbonyl (C=O) groups is 2. The molecule has 2 aliphatic heterocycles. The van der Waals surface area contributed by atoms with Crippen LogP contribution in [0.5, 0.6) is 0 Å². The zero-order chi connectivity index (χ0) is 29.5. The first-order valence-electron chi connectivity index (χ1n) is 13.9. The summed E-state index contributed by atoms with van der Waals surface area (Å²) in [7, 11) is 0. The number of fused-ring (bicyclic) bond motifs is 2. The van der Waals surface area contributed by atoms with Gasteiger partial charge in [-0.3, -0.25) is 14.7 Å². The summed E-state index contributed by atoms with van der Waals surface area (Å²) in [6.45, 7) is 1.12. The molecule has 0 bridgehead atoms. The van der Waals surface area contributed by atoms with Gasteiger partial charge in [0.2, 0.25) is 5.91 Å². The van der Waals surface area contributed by atoms with Crippen LogP contribution in [-0.4, -0.2) is 71.4 Å². The summed E-state index contributed by atoms with van der Waals surface area (Å²) < 4.78 is 48.4. The Bertz CT molecular complexity index is 1640. The molecular weight excluding hydrogens is 547 g/mol. The topological polar surface area (TPSA) is 91.8 Å². The van der Waals surface area contributed by atoms with E-state index in [1.54, 1.807) is 18.3 Å². The number of carbonyl (C=O) groups excluding carboxylic acids is 1. The van der Waals surface area contributed by atoms with Crippen molar-refractivity contribution in [2.24, 2.45) is 5.41 Å². The number of carboxylic acids is 1. The SMILES string of the molecule is O=C(O)[C@H](Cc1cccc2c(-c3nccc4ccccc34)cccc12)NC(=O)C1(C(F)(F)F)CCN(C2COC2)CC1. The van der Waals surface area contributed by atoms with Crippen molar-refractivity contribution in [3.63, 3.8) is 0 Å². The monoisotopic (exact) mass is 577 g/mol. The normalized spacial score (nSPS) is 18.5. The summed E-state index contributed by atoms with van der Waals surface area (Å²) in [5.74, 6) is -2.68. The number of aliphatic carboxylic acids is 1. The molecule has 1 amide bonds. The molecule has 42 heavy (non-hydrogen) atoms. The van der Waals surface area contributed by atoms with Gasteiger partial charge < -0.3 is 15.2 Å². The third kappa shape index (κ3) is 4.98. The Morgan fingerprint density at radius 1 is 0.976 bits per heavy atom. The first-order chi connectivity index (χ1) is 20.2. The van der Waals surface area contributed by atoms with Gasteiger partial charge in [0.25, 0.3) is 0 Å². The van der Waals surface area contributed by atoms with Crippen LogP contribution in [-0.2, 0) is 20.7 Å². The zero-order valence-corrected chi connectivity index (χ0v) is 22.7. The summed E-state index contributed by atoms with van der Waals surface area (Å²) in [5, 5.41) is 15.8. The van der Waals surface area contributed by atoms with Crippen molar-refractivity contribution in [1.82, 2.24) is 15.2 Å². The number of nitrogens with zero attached hydrogens (tertiary/aromatic N) is 2. The molecule has 2 aliphatic rings. The van der Waals surface area contributed by atoms with E-state index in [9.17, 15) is 27.9 Å². The fourth-order valence-electron chi connectivity index (χ4n) is 6.15. The molecule has 3 heterocycles. The van der Waals surface area contributed by atoms with Crippen LogP contribution in [0.25, 0.3) is 32.8 Å². The van der Waals surface area contributed by atoms with Crippen LogP contribution >= 0.6 is 0 Å². The summed E-state index contributed by atoms with van der Waals surface area (Å²) in [6, 6.07) is 19.4. The Hall–Kier alpha value is -4.02. The van der Waals surface area contributed by atoms with Crippen molar-refractivity contribution in [1.29, 1.82) is 0 Å². The number of pyridine rings is 1. The van der Waals surface area contributed by atoms with Gasteiger partial charge in [-0.2, -0.15) is 13.2 Å². The first kappa shape index (κ1) is 28.1. The van der Waals surface area contributed by atoms with E-state index >= 15 is 0 Å². The van der Waals surface area contributed by atoms with Crippen molar-refractivity contribution in [2.45, 2.75) is 37.5 Å². The molecule has 2 N–H and O–H groups in total. The third-order valence-corrected chi connectivity index (χ3v) is 8.73. The lowest BCUT2D eigenvalue weighted by molar-refractivity contribution is -0.236. The highest BCUT2D eigenvalue weighted by molar-refractivity contribution is 6.04. The van der Waals surface area contributed by atoms with E-state index in [1.807, 2.05) is 59.5 Å². The average molecular weight is 578 g/mol. The van der Waals surface area contributed by atoms with Crippen molar-refractivity contribution in [2.75, 3.05) is 26.3 Å². The molecule has 0 aliphatic carbocycles. The van der Waals surface area contributed by atoms with E-state index in [1.165, 1.54) is 0 Å². The molecule has 10 heteroatoms. The molecule has 0 spiro atoms. The number of piperidine rings is 1. The van der Waals surface area contributed by atoms with Gasteiger partial charge >= 0.3 is 12.1 Å². The number of benzene rings is 3. The molecule has 0 radical (unpaired) electrons. The summed E-state index contributed by atoms with van der Waals surface area (Å²) in [6.07, 6.45) is -4.12. The van der Waals surface area contributed by atoms with E-state index in [0.29, 0.717) is 18.8 Å². The van der Waals surface area contributed by atoms with E-state index in [2.05, 4.69) is 10.3 Å². The van der Waals surface area contributed by atoms with Gasteiger partial charge in [0.15, 0.2) is 0 Å². The van der Waals surface area contributed by atoms with E-state index in [-0.39, 0.29) is 25.6 Å². The third-order valence-electron chi connectivity index (χ3n) is 8.73. The van der Waals surface area contributed by atoms with Gasteiger partial charge in [0.05, 0.1) is 24.9 Å². The first-order valence-corrected chi connectivity index (χ1v) is 13.9. The minimum atomic E-state index is -4.82. The van der Waals surface area contributed by atoms with Crippen LogP contribution in [0.1, 0.15) is 18.4 Å². The summed E-state index contributed by atoms with van der Waals surface area (Å²) in [5.41, 5.74) is -0.427. The molecule has 3 aromatic carbocycles. The number of likely N-dealkylation sites (tertiary alicyclic amines) is 1. The smallest absolute Gasteiger partial charge is 0.403 e. The second kappa shape index (κ2) is 11.0. The van der Waals surface area contributed by atoms with Crippen LogP contribution < -0.4 is 5.32 Å². The minimum Gasteiger partial charge on any atom is -0.480 e. The number of halogens is 3. The van der Waals surface area contributed by atoms with Gasteiger partial charge in [-0.15, -0.1) is 0 Å². The lowest BCUT2D eigenvalue weighted by Crippen LogP contribution is -2.61.